The van der Waals surface area contributed by atoms with Gasteiger partial charge in [-0.3, -0.25) is 4.79 Å². The molecule has 2 rings (SSSR count). The summed E-state index contributed by atoms with van der Waals surface area (Å²) < 4.78 is 34.8. The average molecular weight is 355 g/mol. The molecule has 0 fully saturated rings. The zero-order valence-corrected chi connectivity index (χ0v) is 15.9. The summed E-state index contributed by atoms with van der Waals surface area (Å²) in [5.74, 6) is -1.38. The maximum Gasteiger partial charge on any atom is 0.311 e. The van der Waals surface area contributed by atoms with Crippen LogP contribution in [-0.4, -0.2) is 20.9 Å². The Labute approximate surface area is 146 Å². The third kappa shape index (κ3) is 4.29. The lowest BCUT2D eigenvalue weighted by Gasteiger charge is -2.30. The molecule has 24 heavy (non-hydrogen) atoms. The molecule has 134 valence electrons. The van der Waals surface area contributed by atoms with Crippen molar-refractivity contribution in [2.75, 3.05) is 0 Å². The summed E-state index contributed by atoms with van der Waals surface area (Å²) in [6.45, 7) is 10.9. The fourth-order valence-corrected chi connectivity index (χ4v) is 3.56. The van der Waals surface area contributed by atoms with Crippen LogP contribution in [0.1, 0.15) is 58.7 Å². The Balaban J connectivity index is 2.34. The summed E-state index contributed by atoms with van der Waals surface area (Å²) >= 11 is -1.43. The quantitative estimate of drug-likeness (QED) is 0.666. The second-order valence-electron chi connectivity index (χ2n) is 8.13. The fraction of sp³-hybridized carbons (Fsp3) is 0.611. The molecule has 0 bridgehead atoms. The summed E-state index contributed by atoms with van der Waals surface area (Å²) in [4.78, 5) is 12.6. The molecular formula is C18H26FNO3S. The van der Waals surface area contributed by atoms with Crippen LogP contribution in [0.5, 0.6) is 0 Å². The van der Waals surface area contributed by atoms with E-state index in [-0.39, 0.29) is 5.82 Å². The van der Waals surface area contributed by atoms with Crippen LogP contribution in [-0.2, 0) is 27.3 Å². The number of halogens is 1. The van der Waals surface area contributed by atoms with E-state index in [1.54, 1.807) is 32.9 Å². The van der Waals surface area contributed by atoms with E-state index in [9.17, 15) is 13.7 Å². The Bertz CT molecular complexity index is 622. The molecule has 1 aliphatic carbocycles. The van der Waals surface area contributed by atoms with Crippen molar-refractivity contribution in [3.05, 3.63) is 35.1 Å². The van der Waals surface area contributed by atoms with Gasteiger partial charge >= 0.3 is 5.97 Å². The molecule has 0 aliphatic heterocycles. The van der Waals surface area contributed by atoms with Gasteiger partial charge < -0.3 is 9.29 Å². The molecule has 0 amide bonds. The Kier molecular flexibility index (Phi) is 5.33. The molecule has 1 unspecified atom stereocenters. The predicted octanol–water partition coefficient (Wildman–Crippen LogP) is 3.43. The Morgan fingerprint density at radius 1 is 1.29 bits per heavy atom. The van der Waals surface area contributed by atoms with Crippen molar-refractivity contribution in [3.63, 3.8) is 0 Å². The van der Waals surface area contributed by atoms with Crippen LogP contribution < -0.4 is 4.72 Å². The van der Waals surface area contributed by atoms with Crippen LogP contribution in [0.15, 0.2) is 18.2 Å². The van der Waals surface area contributed by atoms with E-state index < -0.39 is 39.6 Å². The minimum Gasteiger partial charge on any atom is -0.598 e. The summed E-state index contributed by atoms with van der Waals surface area (Å²) in [6, 6.07) is 4.14. The number of fused-ring (bicyclic) bond motifs is 1. The Hall–Kier alpha value is -1.11. The first-order chi connectivity index (χ1) is 10.9. The van der Waals surface area contributed by atoms with Crippen LogP contribution in [0.4, 0.5) is 4.39 Å². The smallest absolute Gasteiger partial charge is 0.311 e. The first kappa shape index (κ1) is 19.2. The maximum absolute atomic E-state index is 14.4. The van der Waals surface area contributed by atoms with Crippen LogP contribution >= 0.6 is 0 Å². The molecule has 1 aliphatic rings. The van der Waals surface area contributed by atoms with Gasteiger partial charge in [-0.05, 0) is 59.6 Å². The SMILES string of the molecule is CC(C)(C)OC(=O)[C@H]1Cc2cccc(F)c2[C@@H]1N[S+]([O-])C(C)(C)C. The van der Waals surface area contributed by atoms with E-state index >= 15 is 0 Å². The molecule has 0 saturated carbocycles. The zero-order valence-electron chi connectivity index (χ0n) is 15.1. The van der Waals surface area contributed by atoms with Gasteiger partial charge in [0.15, 0.2) is 0 Å². The number of hydrogen-bond donors (Lipinski definition) is 1. The highest BCUT2D eigenvalue weighted by Gasteiger charge is 2.45. The minimum atomic E-state index is -1.43. The predicted molar refractivity (Wildman–Crippen MR) is 93.2 cm³/mol. The normalized spacial score (nSPS) is 22.2. The molecule has 1 aromatic carbocycles. The largest absolute Gasteiger partial charge is 0.598 e. The van der Waals surface area contributed by atoms with Crippen LogP contribution in [0, 0.1) is 11.7 Å². The van der Waals surface area contributed by atoms with Crippen molar-refractivity contribution < 1.29 is 18.5 Å². The van der Waals surface area contributed by atoms with Crippen molar-refractivity contribution in [3.8, 4) is 0 Å². The lowest BCUT2D eigenvalue weighted by Crippen LogP contribution is -2.44. The van der Waals surface area contributed by atoms with Crippen molar-refractivity contribution >= 4 is 17.3 Å². The monoisotopic (exact) mass is 355 g/mol. The number of hydrogen-bond acceptors (Lipinski definition) is 4. The molecule has 4 nitrogen and oxygen atoms in total. The Morgan fingerprint density at radius 2 is 1.92 bits per heavy atom. The van der Waals surface area contributed by atoms with Crippen molar-refractivity contribution in [1.29, 1.82) is 0 Å². The lowest BCUT2D eigenvalue weighted by atomic mass is 10.0. The van der Waals surface area contributed by atoms with Gasteiger partial charge in [0.1, 0.15) is 16.2 Å². The van der Waals surface area contributed by atoms with Crippen LogP contribution in [0.2, 0.25) is 0 Å². The summed E-state index contributed by atoms with van der Waals surface area (Å²) in [7, 11) is 0. The van der Waals surface area contributed by atoms with Gasteiger partial charge in [-0.25, -0.2) is 4.39 Å². The zero-order chi connectivity index (χ0) is 18.3. The van der Waals surface area contributed by atoms with Crippen LogP contribution in [0.25, 0.3) is 0 Å². The standard InChI is InChI=1S/C18H26FNO3S/c1-17(2,3)23-16(21)12-10-11-8-7-9-13(19)14(11)15(12)20-24(22)18(4,5)6/h7-9,12,15,20H,10H2,1-6H3/t12-,15+,24?/m0/s1. The molecule has 0 spiro atoms. The van der Waals surface area contributed by atoms with Gasteiger partial charge in [0, 0.05) is 16.9 Å². The number of carbonyl (C=O) groups is 1. The molecule has 1 N–H and O–H groups in total. The number of nitrogens with one attached hydrogen (secondary N) is 1. The van der Waals surface area contributed by atoms with Gasteiger partial charge in [0.2, 0.25) is 0 Å². The second kappa shape index (κ2) is 6.65. The highest BCUT2D eigenvalue weighted by Crippen LogP contribution is 2.40. The van der Waals surface area contributed by atoms with E-state index in [0.29, 0.717) is 12.0 Å². The van der Waals surface area contributed by atoms with E-state index in [4.69, 9.17) is 4.74 Å². The average Bonchev–Trinajstić information content (AvgIpc) is 2.76. The number of ether oxygens (including phenoxy) is 1. The first-order valence-corrected chi connectivity index (χ1v) is 9.23. The summed E-state index contributed by atoms with van der Waals surface area (Å²) in [5, 5.41) is 0. The summed E-state index contributed by atoms with van der Waals surface area (Å²) in [5.41, 5.74) is 0.554. The maximum atomic E-state index is 14.4. The molecule has 0 saturated heterocycles. The molecule has 1 aromatic rings. The minimum absolute atomic E-state index is 0.376. The van der Waals surface area contributed by atoms with Gasteiger partial charge in [0.25, 0.3) is 0 Å². The molecule has 0 aromatic heterocycles. The van der Waals surface area contributed by atoms with Crippen molar-refractivity contribution in [2.45, 2.75) is 64.4 Å². The van der Waals surface area contributed by atoms with Gasteiger partial charge in [-0.15, -0.1) is 4.72 Å². The molecular weight excluding hydrogens is 329 g/mol. The van der Waals surface area contributed by atoms with E-state index in [1.165, 1.54) is 6.07 Å². The number of benzene rings is 1. The van der Waals surface area contributed by atoms with Crippen molar-refractivity contribution in [1.82, 2.24) is 4.72 Å². The third-order valence-corrected chi connectivity index (χ3v) is 5.38. The Morgan fingerprint density at radius 3 is 2.46 bits per heavy atom. The second-order valence-corrected chi connectivity index (χ2v) is 10.1. The van der Waals surface area contributed by atoms with Gasteiger partial charge in [-0.1, -0.05) is 12.1 Å². The molecule has 3 atom stereocenters. The highest BCUT2D eigenvalue weighted by atomic mass is 32.2. The van der Waals surface area contributed by atoms with E-state index in [2.05, 4.69) is 4.72 Å². The number of esters is 1. The lowest BCUT2D eigenvalue weighted by molar-refractivity contribution is -0.160. The van der Waals surface area contributed by atoms with Gasteiger partial charge in [0.05, 0.1) is 12.0 Å². The topological polar surface area (TPSA) is 61.4 Å². The first-order valence-electron chi connectivity index (χ1n) is 8.08. The van der Waals surface area contributed by atoms with E-state index in [1.807, 2.05) is 20.8 Å². The van der Waals surface area contributed by atoms with Gasteiger partial charge in [-0.2, -0.15) is 0 Å². The number of rotatable bonds is 3. The summed E-state index contributed by atoms with van der Waals surface area (Å²) in [6.07, 6.45) is 0.376. The number of carbonyl (C=O) groups excluding carboxylic acids is 1. The molecule has 0 radical (unpaired) electrons. The fourth-order valence-electron chi connectivity index (χ4n) is 2.69. The van der Waals surface area contributed by atoms with Crippen molar-refractivity contribution in [2.24, 2.45) is 5.92 Å². The van der Waals surface area contributed by atoms with Crippen LogP contribution in [0.3, 0.4) is 0 Å². The molecule has 0 heterocycles. The molecule has 6 heteroatoms. The van der Waals surface area contributed by atoms with E-state index in [0.717, 1.165) is 5.56 Å². The third-order valence-electron chi connectivity index (χ3n) is 3.80. The highest BCUT2D eigenvalue weighted by molar-refractivity contribution is 7.90.